The van der Waals surface area contributed by atoms with E-state index in [9.17, 15) is 18.0 Å². The van der Waals surface area contributed by atoms with Gasteiger partial charge < -0.3 is 10.1 Å². The number of carbonyl (C=O) groups excluding carboxylic acids is 2. The summed E-state index contributed by atoms with van der Waals surface area (Å²) in [5.41, 5.74) is 3.22. The number of nitrogens with zero attached hydrogens (tertiary/aromatic N) is 1. The van der Waals surface area contributed by atoms with Crippen molar-refractivity contribution in [1.29, 1.82) is 0 Å². The van der Waals surface area contributed by atoms with Gasteiger partial charge in [0.15, 0.2) is 0 Å². The van der Waals surface area contributed by atoms with Crippen molar-refractivity contribution in [2.24, 2.45) is 0 Å². The fourth-order valence-corrected chi connectivity index (χ4v) is 6.98. The molecule has 0 atom stereocenters. The summed E-state index contributed by atoms with van der Waals surface area (Å²) < 4.78 is 33.5. The third kappa shape index (κ3) is 5.07. The van der Waals surface area contributed by atoms with Crippen molar-refractivity contribution in [3.63, 3.8) is 0 Å². The molecule has 3 aromatic carbocycles. The molecule has 0 saturated carbocycles. The van der Waals surface area contributed by atoms with Crippen LogP contribution >= 0.6 is 11.3 Å². The Balaban J connectivity index is 1.39. The second-order valence-electron chi connectivity index (χ2n) is 8.73. The molecule has 1 amide bonds. The van der Waals surface area contributed by atoms with Gasteiger partial charge in [0.1, 0.15) is 4.88 Å². The highest BCUT2D eigenvalue weighted by Crippen LogP contribution is 2.36. The number of fused-ring (bicyclic) bond motifs is 1. The molecular weight excluding hydrogens is 520 g/mol. The first-order chi connectivity index (χ1) is 18.4. The number of esters is 1. The average Bonchev–Trinajstić information content (AvgIpc) is 3.37. The predicted molar refractivity (Wildman–Crippen MR) is 149 cm³/mol. The summed E-state index contributed by atoms with van der Waals surface area (Å²) in [6.45, 7) is 2.34. The van der Waals surface area contributed by atoms with E-state index in [0.29, 0.717) is 22.8 Å². The Bertz CT molecular complexity index is 1580. The number of nitrogens with one attached hydrogen (secondary N) is 1. The molecule has 38 heavy (non-hydrogen) atoms. The molecule has 0 fully saturated rings. The van der Waals surface area contributed by atoms with Crippen LogP contribution in [0.2, 0.25) is 0 Å². The molecule has 1 aliphatic heterocycles. The van der Waals surface area contributed by atoms with Crippen molar-refractivity contribution in [3.05, 3.63) is 101 Å². The van der Waals surface area contributed by atoms with Crippen LogP contribution in [0.4, 0.5) is 11.4 Å². The Morgan fingerprint density at radius 3 is 2.42 bits per heavy atom. The Kier molecular flexibility index (Phi) is 7.31. The molecule has 0 saturated heterocycles. The molecule has 4 aromatic rings. The number of benzene rings is 3. The molecule has 0 spiro atoms. The minimum absolute atomic E-state index is 0.111. The molecule has 9 heteroatoms. The minimum atomic E-state index is -3.79. The molecule has 0 unspecified atom stereocenters. The Labute approximate surface area is 225 Å². The van der Waals surface area contributed by atoms with Gasteiger partial charge in [-0.2, -0.15) is 0 Å². The van der Waals surface area contributed by atoms with Crippen molar-refractivity contribution in [2.45, 2.75) is 24.7 Å². The van der Waals surface area contributed by atoms with Crippen LogP contribution in [-0.4, -0.2) is 33.4 Å². The van der Waals surface area contributed by atoms with E-state index in [4.69, 9.17) is 4.74 Å². The summed E-state index contributed by atoms with van der Waals surface area (Å²) in [6, 6.07) is 24.6. The van der Waals surface area contributed by atoms with E-state index in [2.05, 4.69) is 5.32 Å². The minimum Gasteiger partial charge on any atom is -0.462 e. The largest absolute Gasteiger partial charge is 0.462 e. The summed E-state index contributed by atoms with van der Waals surface area (Å²) >= 11 is 1.24. The zero-order chi connectivity index (χ0) is 26.7. The second kappa shape index (κ2) is 10.8. The van der Waals surface area contributed by atoms with E-state index in [-0.39, 0.29) is 17.1 Å². The molecule has 1 aromatic heterocycles. The number of anilines is 2. The van der Waals surface area contributed by atoms with Crippen LogP contribution in [-0.2, 0) is 21.2 Å². The van der Waals surface area contributed by atoms with E-state index in [0.717, 1.165) is 28.8 Å². The number of hydrogen-bond acceptors (Lipinski definition) is 6. The molecule has 0 radical (unpaired) electrons. The highest BCUT2D eigenvalue weighted by atomic mass is 32.2. The SMILES string of the molecule is CCOC(=O)c1sc(-c2ccccc2)cc1NC(=O)c1ccc(S(=O)(=O)N2CCCc3ccccc32)cc1. The molecule has 5 rings (SSSR count). The monoisotopic (exact) mass is 546 g/mol. The highest BCUT2D eigenvalue weighted by Gasteiger charge is 2.29. The lowest BCUT2D eigenvalue weighted by Crippen LogP contribution is -2.35. The lowest BCUT2D eigenvalue weighted by atomic mass is 10.0. The van der Waals surface area contributed by atoms with Crippen LogP contribution in [0, 0.1) is 0 Å². The van der Waals surface area contributed by atoms with Crippen LogP contribution < -0.4 is 9.62 Å². The number of sulfonamides is 1. The van der Waals surface area contributed by atoms with Crippen molar-refractivity contribution in [1.82, 2.24) is 0 Å². The summed E-state index contributed by atoms with van der Waals surface area (Å²) in [6.07, 6.45) is 1.58. The maximum Gasteiger partial charge on any atom is 0.350 e. The standard InChI is InChI=1S/C29H26N2O5S2/c1-2-36-29(33)27-24(19-26(37-27)21-10-4-3-5-11-21)30-28(32)22-14-16-23(17-15-22)38(34,35)31-18-8-12-20-9-6-7-13-25(20)31/h3-7,9-11,13-17,19H,2,8,12,18H2,1H3,(H,30,32). The second-order valence-corrected chi connectivity index (χ2v) is 11.6. The zero-order valence-electron chi connectivity index (χ0n) is 20.7. The van der Waals surface area contributed by atoms with Gasteiger partial charge in [0.25, 0.3) is 15.9 Å². The lowest BCUT2D eigenvalue weighted by Gasteiger charge is -2.30. The van der Waals surface area contributed by atoms with Gasteiger partial charge in [-0.1, -0.05) is 48.5 Å². The number of para-hydroxylation sites is 1. The maximum atomic E-state index is 13.4. The van der Waals surface area contributed by atoms with Gasteiger partial charge >= 0.3 is 5.97 Å². The van der Waals surface area contributed by atoms with Gasteiger partial charge in [-0.3, -0.25) is 9.10 Å². The Hall–Kier alpha value is -3.95. The fraction of sp³-hybridized carbons (Fsp3) is 0.172. The van der Waals surface area contributed by atoms with Crippen LogP contribution in [0.25, 0.3) is 10.4 Å². The summed E-state index contributed by atoms with van der Waals surface area (Å²) in [5.74, 6) is -0.974. The predicted octanol–water partition coefficient (Wildman–Crippen LogP) is 5.99. The highest BCUT2D eigenvalue weighted by molar-refractivity contribution is 7.92. The van der Waals surface area contributed by atoms with Crippen molar-refractivity contribution in [2.75, 3.05) is 22.8 Å². The van der Waals surface area contributed by atoms with Gasteiger partial charge in [0.2, 0.25) is 0 Å². The van der Waals surface area contributed by atoms with Gasteiger partial charge in [-0.05, 0) is 67.3 Å². The number of rotatable bonds is 7. The Morgan fingerprint density at radius 2 is 1.68 bits per heavy atom. The molecule has 0 bridgehead atoms. The molecule has 0 aliphatic carbocycles. The van der Waals surface area contributed by atoms with Gasteiger partial charge in [-0.15, -0.1) is 11.3 Å². The molecule has 2 heterocycles. The summed E-state index contributed by atoms with van der Waals surface area (Å²) in [4.78, 5) is 26.9. The van der Waals surface area contributed by atoms with E-state index in [1.807, 2.05) is 54.6 Å². The van der Waals surface area contributed by atoms with Crippen molar-refractivity contribution in [3.8, 4) is 10.4 Å². The smallest absolute Gasteiger partial charge is 0.350 e. The first kappa shape index (κ1) is 25.7. The van der Waals surface area contributed by atoms with Gasteiger partial charge in [-0.25, -0.2) is 13.2 Å². The fourth-order valence-electron chi connectivity index (χ4n) is 4.43. The first-order valence-electron chi connectivity index (χ1n) is 12.3. The first-order valence-corrected chi connectivity index (χ1v) is 14.5. The number of thiophene rings is 1. The van der Waals surface area contributed by atoms with Crippen molar-refractivity contribution < 1.29 is 22.7 Å². The van der Waals surface area contributed by atoms with Crippen LogP contribution in [0.5, 0.6) is 0 Å². The molecule has 1 N–H and O–H groups in total. The number of carbonyl (C=O) groups is 2. The zero-order valence-corrected chi connectivity index (χ0v) is 22.3. The van der Waals surface area contributed by atoms with Crippen LogP contribution in [0.1, 0.15) is 38.9 Å². The van der Waals surface area contributed by atoms with Crippen LogP contribution in [0.15, 0.2) is 89.8 Å². The molecule has 194 valence electrons. The normalized spacial score (nSPS) is 13.0. The lowest BCUT2D eigenvalue weighted by molar-refractivity contribution is 0.0533. The average molecular weight is 547 g/mol. The third-order valence-electron chi connectivity index (χ3n) is 6.27. The quantitative estimate of drug-likeness (QED) is 0.288. The van der Waals surface area contributed by atoms with Gasteiger partial charge in [0.05, 0.1) is 22.9 Å². The number of hydrogen-bond donors (Lipinski definition) is 1. The number of ether oxygens (including phenoxy) is 1. The molecule has 7 nitrogen and oxygen atoms in total. The maximum absolute atomic E-state index is 13.4. The molecular formula is C29H26N2O5S2. The molecule has 1 aliphatic rings. The Morgan fingerprint density at radius 1 is 0.974 bits per heavy atom. The van der Waals surface area contributed by atoms with Gasteiger partial charge in [0, 0.05) is 17.0 Å². The van der Waals surface area contributed by atoms with E-state index in [1.165, 1.54) is 39.9 Å². The van der Waals surface area contributed by atoms with E-state index < -0.39 is 21.9 Å². The third-order valence-corrected chi connectivity index (χ3v) is 9.26. The van der Waals surface area contributed by atoms with Crippen molar-refractivity contribution >= 4 is 44.6 Å². The summed E-state index contributed by atoms with van der Waals surface area (Å²) in [5, 5.41) is 2.80. The van der Waals surface area contributed by atoms with Crippen LogP contribution in [0.3, 0.4) is 0 Å². The summed E-state index contributed by atoms with van der Waals surface area (Å²) in [7, 11) is -3.79. The number of aryl methyl sites for hydroxylation is 1. The van der Waals surface area contributed by atoms with E-state index in [1.54, 1.807) is 13.0 Å². The topological polar surface area (TPSA) is 92.8 Å². The van der Waals surface area contributed by atoms with E-state index >= 15 is 0 Å². The number of amides is 1.